The number of carbonyl (C=O) groups is 1. The Kier molecular flexibility index (Phi) is 7.06. The lowest BCUT2D eigenvalue weighted by Gasteiger charge is -2.16. The van der Waals surface area contributed by atoms with Gasteiger partial charge in [0.25, 0.3) is 0 Å². The van der Waals surface area contributed by atoms with Crippen molar-refractivity contribution >= 4 is 5.91 Å². The highest BCUT2D eigenvalue weighted by atomic mass is 16.7. The smallest absolute Gasteiger partial charge is 0.245 e. The zero-order valence-corrected chi connectivity index (χ0v) is 11.0. The third-order valence-electron chi connectivity index (χ3n) is 2.71. The molecule has 0 aliphatic heterocycles. The van der Waals surface area contributed by atoms with E-state index in [0.29, 0.717) is 19.6 Å². The monoisotopic (exact) mass is 250 g/mol. The van der Waals surface area contributed by atoms with Crippen LogP contribution in [0.1, 0.15) is 31.2 Å². The Hall–Kier alpha value is -1.39. The van der Waals surface area contributed by atoms with Gasteiger partial charge >= 0.3 is 0 Å². The normalized spacial score (nSPS) is 10.3. The molecule has 0 atom stereocenters. The van der Waals surface area contributed by atoms with Crippen LogP contribution in [0.4, 0.5) is 0 Å². The summed E-state index contributed by atoms with van der Waals surface area (Å²) in [7, 11) is 1.66. The number of hydrogen-bond acceptors (Lipinski definition) is 3. The summed E-state index contributed by atoms with van der Waals surface area (Å²) in [5, 5.41) is 1.33. The summed E-state index contributed by atoms with van der Waals surface area (Å²) >= 11 is 0. The fourth-order valence-electron chi connectivity index (χ4n) is 1.57. The zero-order chi connectivity index (χ0) is 13.2. The molecule has 0 aliphatic rings. The first-order chi connectivity index (χ1) is 8.74. The Morgan fingerprint density at radius 1 is 1.22 bits per heavy atom. The Bertz CT molecular complexity index is 341. The minimum atomic E-state index is 0.0166. The maximum atomic E-state index is 11.7. The summed E-state index contributed by atoms with van der Waals surface area (Å²) in [6, 6.07) is 9.80. The van der Waals surface area contributed by atoms with Crippen molar-refractivity contribution in [1.82, 2.24) is 5.06 Å². The standard InChI is InChI=1S/C14H22N2O2/c1-16(14(17)10-6-3-7-11-15)18-12-13-8-4-2-5-9-13/h2,4-5,8-9H,3,6-7,10-12,15H2,1H3. The molecule has 0 spiro atoms. The van der Waals surface area contributed by atoms with Crippen LogP contribution in [0.3, 0.4) is 0 Å². The molecule has 4 nitrogen and oxygen atoms in total. The van der Waals surface area contributed by atoms with Gasteiger partial charge in [-0.3, -0.25) is 9.63 Å². The number of amides is 1. The lowest BCUT2D eigenvalue weighted by molar-refractivity contribution is -0.182. The van der Waals surface area contributed by atoms with Crippen LogP contribution in [0, 0.1) is 0 Å². The van der Waals surface area contributed by atoms with Crippen molar-refractivity contribution in [2.75, 3.05) is 13.6 Å². The van der Waals surface area contributed by atoms with Crippen molar-refractivity contribution in [3.8, 4) is 0 Å². The second-order valence-corrected chi connectivity index (χ2v) is 4.25. The number of hydroxylamine groups is 2. The quantitative estimate of drug-likeness (QED) is 0.568. The molecule has 18 heavy (non-hydrogen) atoms. The highest BCUT2D eigenvalue weighted by Crippen LogP contribution is 2.05. The maximum absolute atomic E-state index is 11.7. The predicted octanol–water partition coefficient (Wildman–Crippen LogP) is 2.10. The Morgan fingerprint density at radius 2 is 1.94 bits per heavy atom. The fraction of sp³-hybridized carbons (Fsp3) is 0.500. The van der Waals surface area contributed by atoms with E-state index in [4.69, 9.17) is 10.6 Å². The number of rotatable bonds is 8. The molecule has 0 bridgehead atoms. The van der Waals surface area contributed by atoms with Crippen LogP contribution in [0.5, 0.6) is 0 Å². The lowest BCUT2D eigenvalue weighted by Crippen LogP contribution is -2.26. The summed E-state index contributed by atoms with van der Waals surface area (Å²) in [6.07, 6.45) is 3.36. The SMILES string of the molecule is CN(OCc1ccccc1)C(=O)CCCCCN. The van der Waals surface area contributed by atoms with Gasteiger partial charge in [-0.1, -0.05) is 36.8 Å². The van der Waals surface area contributed by atoms with Gasteiger partial charge in [0.2, 0.25) is 5.91 Å². The van der Waals surface area contributed by atoms with Crippen molar-refractivity contribution < 1.29 is 9.63 Å². The van der Waals surface area contributed by atoms with Crippen LogP contribution < -0.4 is 5.73 Å². The van der Waals surface area contributed by atoms with Crippen molar-refractivity contribution in [1.29, 1.82) is 0 Å². The van der Waals surface area contributed by atoms with Crippen LogP contribution in [0.25, 0.3) is 0 Å². The second-order valence-electron chi connectivity index (χ2n) is 4.25. The van der Waals surface area contributed by atoms with E-state index in [1.165, 1.54) is 5.06 Å². The van der Waals surface area contributed by atoms with Gasteiger partial charge in [0.05, 0.1) is 0 Å². The van der Waals surface area contributed by atoms with Crippen LogP contribution in [0.2, 0.25) is 0 Å². The average Bonchev–Trinajstić information content (AvgIpc) is 2.42. The number of unbranched alkanes of at least 4 members (excludes halogenated alkanes) is 2. The number of hydrogen-bond donors (Lipinski definition) is 1. The summed E-state index contributed by atoms with van der Waals surface area (Å²) < 4.78 is 0. The first kappa shape index (κ1) is 14.7. The van der Waals surface area contributed by atoms with Crippen molar-refractivity contribution in [3.05, 3.63) is 35.9 Å². The molecule has 0 heterocycles. The van der Waals surface area contributed by atoms with E-state index in [2.05, 4.69) is 0 Å². The van der Waals surface area contributed by atoms with E-state index >= 15 is 0 Å². The van der Waals surface area contributed by atoms with Crippen LogP contribution in [-0.4, -0.2) is 24.6 Å². The van der Waals surface area contributed by atoms with E-state index in [0.717, 1.165) is 24.8 Å². The third kappa shape index (κ3) is 5.80. The molecular weight excluding hydrogens is 228 g/mol. The molecule has 0 radical (unpaired) electrons. The molecule has 0 aliphatic carbocycles. The van der Waals surface area contributed by atoms with E-state index in [-0.39, 0.29) is 5.91 Å². The van der Waals surface area contributed by atoms with Gasteiger partial charge in [0.15, 0.2) is 0 Å². The summed E-state index contributed by atoms with van der Waals surface area (Å²) in [5.74, 6) is 0.0166. The summed E-state index contributed by atoms with van der Waals surface area (Å²) in [6.45, 7) is 1.11. The van der Waals surface area contributed by atoms with Crippen molar-refractivity contribution in [3.63, 3.8) is 0 Å². The fourth-order valence-corrected chi connectivity index (χ4v) is 1.57. The molecule has 100 valence electrons. The molecule has 4 heteroatoms. The molecule has 0 aromatic heterocycles. The molecule has 0 saturated carbocycles. The van der Waals surface area contributed by atoms with Crippen molar-refractivity contribution in [2.24, 2.45) is 5.73 Å². The first-order valence-electron chi connectivity index (χ1n) is 6.37. The van der Waals surface area contributed by atoms with Gasteiger partial charge < -0.3 is 5.73 Å². The largest absolute Gasteiger partial charge is 0.330 e. The van der Waals surface area contributed by atoms with E-state index in [1.807, 2.05) is 30.3 Å². The topological polar surface area (TPSA) is 55.6 Å². The van der Waals surface area contributed by atoms with E-state index in [9.17, 15) is 4.79 Å². The summed E-state index contributed by atoms with van der Waals surface area (Å²) in [4.78, 5) is 17.1. The lowest BCUT2D eigenvalue weighted by atomic mass is 10.2. The molecule has 0 fully saturated rings. The van der Waals surface area contributed by atoms with Crippen molar-refractivity contribution in [2.45, 2.75) is 32.3 Å². The van der Waals surface area contributed by atoms with Gasteiger partial charge in [-0.2, -0.15) is 0 Å². The van der Waals surface area contributed by atoms with Gasteiger partial charge in [-0.15, -0.1) is 0 Å². The maximum Gasteiger partial charge on any atom is 0.245 e. The van der Waals surface area contributed by atoms with Crippen LogP contribution in [-0.2, 0) is 16.2 Å². The molecule has 0 saturated heterocycles. The van der Waals surface area contributed by atoms with E-state index < -0.39 is 0 Å². The molecule has 1 aromatic carbocycles. The molecule has 0 unspecified atom stereocenters. The van der Waals surface area contributed by atoms with Crippen LogP contribution in [0.15, 0.2) is 30.3 Å². The molecular formula is C14H22N2O2. The number of nitrogens with two attached hydrogens (primary N) is 1. The zero-order valence-electron chi connectivity index (χ0n) is 11.0. The average molecular weight is 250 g/mol. The molecule has 1 rings (SSSR count). The highest BCUT2D eigenvalue weighted by molar-refractivity contribution is 5.74. The van der Waals surface area contributed by atoms with Gasteiger partial charge in [0.1, 0.15) is 6.61 Å². The van der Waals surface area contributed by atoms with Crippen LogP contribution >= 0.6 is 0 Å². The number of benzene rings is 1. The molecule has 2 N–H and O–H groups in total. The Balaban J connectivity index is 2.19. The van der Waals surface area contributed by atoms with Gasteiger partial charge in [-0.05, 0) is 24.9 Å². The first-order valence-corrected chi connectivity index (χ1v) is 6.37. The van der Waals surface area contributed by atoms with E-state index in [1.54, 1.807) is 7.05 Å². The Morgan fingerprint density at radius 3 is 2.61 bits per heavy atom. The summed E-state index contributed by atoms with van der Waals surface area (Å²) in [5.41, 5.74) is 6.45. The second kappa shape index (κ2) is 8.66. The third-order valence-corrected chi connectivity index (χ3v) is 2.71. The van der Waals surface area contributed by atoms with Gasteiger partial charge in [-0.25, -0.2) is 5.06 Å². The number of nitrogens with zero attached hydrogens (tertiary/aromatic N) is 1. The molecule has 1 aromatic rings. The number of carbonyl (C=O) groups excluding carboxylic acids is 1. The minimum Gasteiger partial charge on any atom is -0.330 e. The Labute approximate surface area is 109 Å². The minimum absolute atomic E-state index is 0.0166. The molecule has 1 amide bonds. The predicted molar refractivity (Wildman–Crippen MR) is 71.5 cm³/mol. The van der Waals surface area contributed by atoms with Gasteiger partial charge in [0, 0.05) is 13.5 Å². The highest BCUT2D eigenvalue weighted by Gasteiger charge is 2.08.